The lowest BCUT2D eigenvalue weighted by Gasteiger charge is -2.26. The van der Waals surface area contributed by atoms with Gasteiger partial charge in [0.15, 0.2) is 5.88 Å². The number of imide groups is 2. The fourth-order valence-electron chi connectivity index (χ4n) is 3.15. The van der Waals surface area contributed by atoms with Crippen LogP contribution in [0, 0.1) is 0 Å². The molecular weight excluding hydrogens is 370 g/mol. The Morgan fingerprint density at radius 2 is 1.70 bits per heavy atom. The first kappa shape index (κ1) is 17.4. The SMILES string of the molecule is O=C1NC(=O)N(c2ccc(Cl)cc2)C(=O)C1=Cc1ccc(N2CCCC2)o1. The van der Waals surface area contributed by atoms with E-state index >= 15 is 0 Å². The number of amides is 4. The molecule has 7 nitrogen and oxygen atoms in total. The number of halogens is 1. The van der Waals surface area contributed by atoms with Crippen LogP contribution in [0.25, 0.3) is 6.08 Å². The van der Waals surface area contributed by atoms with Gasteiger partial charge in [-0.3, -0.25) is 14.9 Å². The molecular formula is C19H16ClN3O4. The Labute approximate surface area is 160 Å². The second kappa shape index (κ2) is 6.92. The molecule has 0 bridgehead atoms. The second-order valence-corrected chi connectivity index (χ2v) is 6.74. The molecule has 27 heavy (non-hydrogen) atoms. The molecule has 2 fully saturated rings. The van der Waals surface area contributed by atoms with Crippen molar-refractivity contribution < 1.29 is 18.8 Å². The summed E-state index contributed by atoms with van der Waals surface area (Å²) in [7, 11) is 0. The number of benzene rings is 1. The molecule has 0 radical (unpaired) electrons. The number of carbonyl (C=O) groups excluding carboxylic acids is 3. The predicted molar refractivity (Wildman–Crippen MR) is 101 cm³/mol. The van der Waals surface area contributed by atoms with E-state index in [1.54, 1.807) is 18.2 Å². The molecule has 3 heterocycles. The van der Waals surface area contributed by atoms with E-state index in [4.69, 9.17) is 16.0 Å². The number of furan rings is 1. The second-order valence-electron chi connectivity index (χ2n) is 6.30. The van der Waals surface area contributed by atoms with Crippen LogP contribution in [0.5, 0.6) is 0 Å². The van der Waals surface area contributed by atoms with Gasteiger partial charge in [0.05, 0.1) is 5.69 Å². The topological polar surface area (TPSA) is 82.9 Å². The highest BCUT2D eigenvalue weighted by molar-refractivity contribution is 6.39. The minimum absolute atomic E-state index is 0.174. The van der Waals surface area contributed by atoms with Crippen molar-refractivity contribution >= 4 is 47.1 Å². The van der Waals surface area contributed by atoms with Gasteiger partial charge in [-0.05, 0) is 49.2 Å². The van der Waals surface area contributed by atoms with Crippen molar-refractivity contribution in [1.82, 2.24) is 5.32 Å². The Hall–Kier alpha value is -3.06. The van der Waals surface area contributed by atoms with Crippen molar-refractivity contribution in [2.24, 2.45) is 0 Å². The van der Waals surface area contributed by atoms with Crippen LogP contribution in [0.3, 0.4) is 0 Å². The zero-order valence-corrected chi connectivity index (χ0v) is 15.0. The van der Waals surface area contributed by atoms with Gasteiger partial charge in [0, 0.05) is 24.2 Å². The third-order valence-electron chi connectivity index (χ3n) is 4.50. The first-order valence-electron chi connectivity index (χ1n) is 8.55. The molecule has 4 rings (SSSR count). The number of urea groups is 1. The average molecular weight is 386 g/mol. The molecule has 1 N–H and O–H groups in total. The van der Waals surface area contributed by atoms with E-state index in [0.717, 1.165) is 30.8 Å². The Morgan fingerprint density at radius 3 is 2.41 bits per heavy atom. The number of rotatable bonds is 3. The summed E-state index contributed by atoms with van der Waals surface area (Å²) >= 11 is 5.85. The van der Waals surface area contributed by atoms with Gasteiger partial charge in [0.25, 0.3) is 11.8 Å². The lowest BCUT2D eigenvalue weighted by atomic mass is 10.1. The summed E-state index contributed by atoms with van der Waals surface area (Å²) in [6.07, 6.45) is 3.57. The number of nitrogens with zero attached hydrogens (tertiary/aromatic N) is 2. The smallest absolute Gasteiger partial charge is 0.335 e. The molecule has 4 amide bonds. The van der Waals surface area contributed by atoms with Crippen LogP contribution in [-0.2, 0) is 9.59 Å². The van der Waals surface area contributed by atoms with Gasteiger partial charge in [-0.15, -0.1) is 0 Å². The minimum Gasteiger partial charge on any atom is -0.441 e. The summed E-state index contributed by atoms with van der Waals surface area (Å²) in [5.41, 5.74) is 0.143. The van der Waals surface area contributed by atoms with E-state index in [-0.39, 0.29) is 5.57 Å². The van der Waals surface area contributed by atoms with Crippen molar-refractivity contribution in [2.75, 3.05) is 22.9 Å². The maximum Gasteiger partial charge on any atom is 0.335 e. The average Bonchev–Trinajstić information content (AvgIpc) is 3.31. The van der Waals surface area contributed by atoms with Gasteiger partial charge in [0.1, 0.15) is 11.3 Å². The third-order valence-corrected chi connectivity index (χ3v) is 4.76. The molecule has 2 aromatic rings. The van der Waals surface area contributed by atoms with Crippen LogP contribution in [0.2, 0.25) is 5.02 Å². The highest BCUT2D eigenvalue weighted by Crippen LogP contribution is 2.26. The number of anilines is 2. The number of barbiturate groups is 1. The van der Waals surface area contributed by atoms with Crippen LogP contribution >= 0.6 is 11.6 Å². The summed E-state index contributed by atoms with van der Waals surface area (Å²) in [5.74, 6) is -0.394. The highest BCUT2D eigenvalue weighted by Gasteiger charge is 2.37. The highest BCUT2D eigenvalue weighted by atomic mass is 35.5. The quantitative estimate of drug-likeness (QED) is 0.648. The summed E-state index contributed by atoms with van der Waals surface area (Å²) in [6, 6.07) is 8.90. The molecule has 1 aromatic heterocycles. The molecule has 2 aliphatic heterocycles. The van der Waals surface area contributed by atoms with Crippen molar-refractivity contribution in [1.29, 1.82) is 0 Å². The lowest BCUT2D eigenvalue weighted by molar-refractivity contribution is -0.122. The van der Waals surface area contributed by atoms with E-state index < -0.39 is 17.8 Å². The van der Waals surface area contributed by atoms with Crippen LogP contribution in [-0.4, -0.2) is 30.9 Å². The Kier molecular flexibility index (Phi) is 4.45. The van der Waals surface area contributed by atoms with Gasteiger partial charge in [-0.2, -0.15) is 0 Å². The van der Waals surface area contributed by atoms with Crippen molar-refractivity contribution in [2.45, 2.75) is 12.8 Å². The van der Waals surface area contributed by atoms with Gasteiger partial charge in [-0.1, -0.05) is 11.6 Å². The Bertz CT molecular complexity index is 942. The normalized spacial score (nSPS) is 19.1. The molecule has 0 unspecified atom stereocenters. The maximum absolute atomic E-state index is 12.8. The summed E-state index contributed by atoms with van der Waals surface area (Å²) < 4.78 is 5.75. The van der Waals surface area contributed by atoms with Crippen LogP contribution < -0.4 is 15.1 Å². The minimum atomic E-state index is -0.804. The van der Waals surface area contributed by atoms with Crippen LogP contribution in [0.4, 0.5) is 16.4 Å². The van der Waals surface area contributed by atoms with E-state index in [1.807, 2.05) is 6.07 Å². The fraction of sp³-hybridized carbons (Fsp3) is 0.211. The van der Waals surface area contributed by atoms with E-state index in [9.17, 15) is 14.4 Å². The van der Waals surface area contributed by atoms with Crippen molar-refractivity contribution in [3.63, 3.8) is 0 Å². The number of hydrogen-bond acceptors (Lipinski definition) is 5. The van der Waals surface area contributed by atoms with Gasteiger partial charge < -0.3 is 9.32 Å². The molecule has 8 heteroatoms. The number of nitrogens with one attached hydrogen (secondary N) is 1. The fourth-order valence-corrected chi connectivity index (χ4v) is 3.28. The van der Waals surface area contributed by atoms with Crippen LogP contribution in [0.15, 0.2) is 46.4 Å². The standard InChI is InChI=1S/C19H16ClN3O4/c20-12-3-5-13(6-4-12)23-18(25)15(17(24)21-19(23)26)11-14-7-8-16(27-14)22-9-1-2-10-22/h3-8,11H,1-2,9-10H2,(H,21,24,26). The van der Waals surface area contributed by atoms with Gasteiger partial charge >= 0.3 is 6.03 Å². The van der Waals surface area contributed by atoms with Crippen molar-refractivity contribution in [3.05, 3.63) is 52.8 Å². The third kappa shape index (κ3) is 3.33. The maximum atomic E-state index is 12.8. The number of carbonyl (C=O) groups is 3. The number of hydrogen-bond donors (Lipinski definition) is 1. The molecule has 0 aliphatic carbocycles. The van der Waals surface area contributed by atoms with Gasteiger partial charge in [-0.25, -0.2) is 9.69 Å². The molecule has 0 atom stereocenters. The molecule has 2 saturated heterocycles. The Morgan fingerprint density at radius 1 is 1.00 bits per heavy atom. The first-order chi connectivity index (χ1) is 13.0. The summed E-state index contributed by atoms with van der Waals surface area (Å²) in [5, 5.41) is 2.65. The van der Waals surface area contributed by atoms with E-state index in [1.165, 1.54) is 18.2 Å². The largest absolute Gasteiger partial charge is 0.441 e. The molecule has 0 spiro atoms. The summed E-state index contributed by atoms with van der Waals surface area (Å²) in [6.45, 7) is 1.84. The zero-order valence-electron chi connectivity index (χ0n) is 14.3. The summed E-state index contributed by atoms with van der Waals surface area (Å²) in [4.78, 5) is 40.1. The van der Waals surface area contributed by atoms with Crippen LogP contribution in [0.1, 0.15) is 18.6 Å². The van der Waals surface area contributed by atoms with E-state index in [0.29, 0.717) is 22.4 Å². The first-order valence-corrected chi connectivity index (χ1v) is 8.92. The lowest BCUT2D eigenvalue weighted by Crippen LogP contribution is -2.54. The monoisotopic (exact) mass is 385 g/mol. The zero-order chi connectivity index (χ0) is 19.0. The Balaban J connectivity index is 1.64. The van der Waals surface area contributed by atoms with E-state index in [2.05, 4.69) is 10.2 Å². The molecule has 2 aliphatic rings. The van der Waals surface area contributed by atoms with Crippen molar-refractivity contribution in [3.8, 4) is 0 Å². The van der Waals surface area contributed by atoms with Gasteiger partial charge in [0.2, 0.25) is 0 Å². The molecule has 138 valence electrons. The predicted octanol–water partition coefficient (Wildman–Crippen LogP) is 3.20. The molecule has 0 saturated carbocycles. The molecule has 1 aromatic carbocycles.